The lowest BCUT2D eigenvalue weighted by Gasteiger charge is -2.41. The number of fused-ring (bicyclic) bond motifs is 7. The van der Waals surface area contributed by atoms with Crippen LogP contribution < -0.4 is 19.6 Å². The standard InChI is InChI=1S/C60H44N4/c1-61-51-22-7-11-26-55(51)63(56-27-12-8-23-52(56)61)43-33-35-48-49(37-43)59(42-31-30-39-16-3-4-18-41(39)36-42)47-34-32-44(38-50(47)60(48)46-21-15-19-40-17-5-6-20-45(40)46)64-57-28-13-9-24-53(57)62(2)54-25-10-14-29-58(54)64/h3-11,13-26,28-38H,12,27H2,1-2H3. The average molecular weight is 821 g/mol. The Morgan fingerprint density at radius 1 is 0.375 bits per heavy atom. The van der Waals surface area contributed by atoms with Gasteiger partial charge in [-0.3, -0.25) is 0 Å². The van der Waals surface area contributed by atoms with Crippen LogP contribution in [0.4, 0.5) is 45.5 Å². The van der Waals surface area contributed by atoms with Crippen LogP contribution in [0.3, 0.4) is 0 Å². The molecule has 304 valence electrons. The summed E-state index contributed by atoms with van der Waals surface area (Å²) in [4.78, 5) is 9.66. The Kier molecular flexibility index (Phi) is 8.13. The van der Waals surface area contributed by atoms with Crippen LogP contribution in [-0.4, -0.2) is 14.1 Å². The lowest BCUT2D eigenvalue weighted by Crippen LogP contribution is -2.32. The second-order valence-electron chi connectivity index (χ2n) is 17.3. The van der Waals surface area contributed by atoms with Crippen LogP contribution in [0.5, 0.6) is 0 Å². The average Bonchev–Trinajstić information content (AvgIpc) is 3.35. The smallest absolute Gasteiger partial charge is 0.0699 e. The maximum Gasteiger partial charge on any atom is 0.0699 e. The molecule has 13 rings (SSSR count). The number of nitrogens with zero attached hydrogens (tertiary/aromatic N) is 4. The van der Waals surface area contributed by atoms with Gasteiger partial charge in [0.2, 0.25) is 0 Å². The van der Waals surface area contributed by atoms with Gasteiger partial charge in [0, 0.05) is 31.2 Å². The molecule has 0 saturated carbocycles. The van der Waals surface area contributed by atoms with Gasteiger partial charge < -0.3 is 19.6 Å². The highest BCUT2D eigenvalue weighted by Gasteiger charge is 2.32. The molecule has 0 fully saturated rings. The number of likely N-dealkylation sites (N-methyl/N-ethyl adjacent to an activating group) is 1. The van der Waals surface area contributed by atoms with Crippen molar-refractivity contribution in [2.75, 3.05) is 33.7 Å². The van der Waals surface area contributed by atoms with Gasteiger partial charge in [-0.25, -0.2) is 0 Å². The van der Waals surface area contributed by atoms with Crippen LogP contribution in [0.2, 0.25) is 0 Å². The zero-order chi connectivity index (χ0) is 42.5. The lowest BCUT2D eigenvalue weighted by molar-refractivity contribution is 0.858. The van der Waals surface area contributed by atoms with Crippen molar-refractivity contribution in [3.05, 3.63) is 218 Å². The number of anilines is 8. The number of hydrogen-bond acceptors (Lipinski definition) is 4. The first kappa shape index (κ1) is 36.6. The van der Waals surface area contributed by atoms with E-state index in [2.05, 4.69) is 240 Å². The maximum atomic E-state index is 2.53. The molecular formula is C60H44N4. The quantitative estimate of drug-likeness (QED) is 0.164. The highest BCUT2D eigenvalue weighted by molar-refractivity contribution is 6.25. The minimum absolute atomic E-state index is 0.973. The largest absolute Gasteiger partial charge is 0.341 e. The minimum Gasteiger partial charge on any atom is -0.341 e. The first-order valence-electron chi connectivity index (χ1n) is 22.4. The Labute approximate surface area is 373 Å². The molecule has 2 heterocycles. The van der Waals surface area contributed by atoms with Crippen molar-refractivity contribution in [3.63, 3.8) is 0 Å². The zero-order valence-electron chi connectivity index (χ0n) is 35.8. The maximum absolute atomic E-state index is 2.53. The highest BCUT2D eigenvalue weighted by atomic mass is 15.3. The molecule has 0 bridgehead atoms. The summed E-state index contributed by atoms with van der Waals surface area (Å²) in [5, 5.41) is 9.85. The van der Waals surface area contributed by atoms with Crippen molar-refractivity contribution in [1.29, 1.82) is 0 Å². The molecule has 0 N–H and O–H groups in total. The van der Waals surface area contributed by atoms with Gasteiger partial charge >= 0.3 is 0 Å². The van der Waals surface area contributed by atoms with Crippen LogP contribution >= 0.6 is 0 Å². The van der Waals surface area contributed by atoms with E-state index in [1.807, 2.05) is 0 Å². The molecule has 3 aliphatic rings. The summed E-state index contributed by atoms with van der Waals surface area (Å²) in [5.74, 6) is 0. The van der Waals surface area contributed by atoms with Crippen molar-refractivity contribution in [2.45, 2.75) is 12.8 Å². The second kappa shape index (κ2) is 14.2. The molecule has 0 radical (unpaired) electrons. The SMILES string of the molecule is CN1C2=C(CCC=C2)N(c2ccc3c(-c4cccc5ccccc45)c4cc(N5c6ccccc6N(C)c6ccccc65)ccc4c(-c4ccc5ccccc5c4)c3c2)c2ccccc21. The normalized spacial score (nSPS) is 14.3. The van der Waals surface area contributed by atoms with E-state index in [-0.39, 0.29) is 0 Å². The summed E-state index contributed by atoms with van der Waals surface area (Å²) >= 11 is 0. The fourth-order valence-corrected chi connectivity index (χ4v) is 11.0. The van der Waals surface area contributed by atoms with Crippen molar-refractivity contribution in [2.24, 2.45) is 0 Å². The van der Waals surface area contributed by atoms with Crippen LogP contribution in [0.15, 0.2) is 218 Å². The van der Waals surface area contributed by atoms with Gasteiger partial charge in [-0.2, -0.15) is 0 Å². The Balaban J connectivity index is 1.16. The summed E-state index contributed by atoms with van der Waals surface area (Å²) < 4.78 is 0. The van der Waals surface area contributed by atoms with Crippen LogP contribution in [0, 0.1) is 0 Å². The predicted molar refractivity (Wildman–Crippen MR) is 272 cm³/mol. The van der Waals surface area contributed by atoms with E-state index >= 15 is 0 Å². The van der Waals surface area contributed by atoms with Crippen molar-refractivity contribution in [1.82, 2.24) is 0 Å². The Bertz CT molecular complexity index is 3580. The summed E-state index contributed by atoms with van der Waals surface area (Å²) in [5.41, 5.74) is 16.9. The van der Waals surface area contributed by atoms with Gasteiger partial charge in [0.1, 0.15) is 0 Å². The fraction of sp³-hybridized carbons (Fsp3) is 0.0667. The first-order valence-corrected chi connectivity index (χ1v) is 22.4. The Morgan fingerprint density at radius 3 is 1.64 bits per heavy atom. The van der Waals surface area contributed by atoms with E-state index in [4.69, 9.17) is 0 Å². The summed E-state index contributed by atoms with van der Waals surface area (Å²) in [7, 11) is 4.38. The molecule has 0 unspecified atom stereocenters. The molecule has 64 heavy (non-hydrogen) atoms. The molecule has 4 heteroatoms. The Morgan fingerprint density at radius 2 is 0.922 bits per heavy atom. The van der Waals surface area contributed by atoms with Crippen LogP contribution in [0.1, 0.15) is 12.8 Å². The predicted octanol–water partition coefficient (Wildman–Crippen LogP) is 16.3. The monoisotopic (exact) mass is 820 g/mol. The van der Waals surface area contributed by atoms with Gasteiger partial charge in [-0.15, -0.1) is 0 Å². The van der Waals surface area contributed by atoms with Gasteiger partial charge in [0.15, 0.2) is 0 Å². The molecule has 4 nitrogen and oxygen atoms in total. The van der Waals surface area contributed by atoms with Gasteiger partial charge in [-0.05, 0) is 151 Å². The van der Waals surface area contributed by atoms with Crippen molar-refractivity contribution in [3.8, 4) is 22.3 Å². The van der Waals surface area contributed by atoms with Gasteiger partial charge in [0.05, 0.1) is 39.8 Å². The zero-order valence-corrected chi connectivity index (χ0v) is 35.8. The molecule has 0 atom stereocenters. The first-order chi connectivity index (χ1) is 31.6. The highest BCUT2D eigenvalue weighted by Crippen LogP contribution is 2.54. The number of hydrogen-bond donors (Lipinski definition) is 0. The molecular weight excluding hydrogens is 777 g/mol. The molecule has 10 aromatic rings. The van der Waals surface area contributed by atoms with Gasteiger partial charge in [0.25, 0.3) is 0 Å². The van der Waals surface area contributed by atoms with E-state index in [1.54, 1.807) is 0 Å². The summed E-state index contributed by atoms with van der Waals surface area (Å²) in [6.45, 7) is 0. The van der Waals surface area contributed by atoms with E-state index in [0.717, 1.165) is 29.9 Å². The number of benzene rings is 10. The number of rotatable bonds is 4. The van der Waals surface area contributed by atoms with E-state index in [1.165, 1.54) is 105 Å². The molecule has 1 aliphatic carbocycles. The minimum atomic E-state index is 0.973. The van der Waals surface area contributed by atoms with Crippen molar-refractivity contribution < 1.29 is 0 Å². The molecule has 0 saturated heterocycles. The van der Waals surface area contributed by atoms with Crippen LogP contribution in [-0.2, 0) is 0 Å². The number of allylic oxidation sites excluding steroid dienone is 3. The third-order valence-electron chi connectivity index (χ3n) is 13.9. The topological polar surface area (TPSA) is 13.0 Å². The summed E-state index contributed by atoms with van der Waals surface area (Å²) in [6.07, 6.45) is 6.61. The van der Waals surface area contributed by atoms with Crippen molar-refractivity contribution >= 4 is 88.6 Å². The third kappa shape index (κ3) is 5.42. The Hall–Kier alpha value is -8.08. The van der Waals surface area contributed by atoms with E-state index < -0.39 is 0 Å². The number of para-hydroxylation sites is 6. The molecule has 0 amide bonds. The molecule has 10 aromatic carbocycles. The summed E-state index contributed by atoms with van der Waals surface area (Å²) in [6, 6.07) is 72.3. The molecule has 0 spiro atoms. The second-order valence-corrected chi connectivity index (χ2v) is 17.3. The van der Waals surface area contributed by atoms with Gasteiger partial charge in [-0.1, -0.05) is 133 Å². The van der Waals surface area contributed by atoms with E-state index in [9.17, 15) is 0 Å². The third-order valence-corrected chi connectivity index (χ3v) is 13.9. The van der Waals surface area contributed by atoms with Crippen LogP contribution in [0.25, 0.3) is 65.3 Å². The van der Waals surface area contributed by atoms with E-state index in [0.29, 0.717) is 0 Å². The molecule has 0 aromatic heterocycles. The molecule has 2 aliphatic heterocycles. The fourth-order valence-electron chi connectivity index (χ4n) is 11.0. The lowest BCUT2D eigenvalue weighted by atomic mass is 9.83.